The SMILES string of the molecule is NCC1CCC(Nc2cc(-c3n[nH]c(=O)o3)ccc2C(F)(F)F)CC1. The molecule has 0 saturated heterocycles. The molecule has 25 heavy (non-hydrogen) atoms. The van der Waals surface area contributed by atoms with E-state index in [9.17, 15) is 18.0 Å². The van der Waals surface area contributed by atoms with Crippen molar-refractivity contribution < 1.29 is 17.6 Å². The molecule has 1 aliphatic rings. The Kier molecular flexibility index (Phi) is 4.85. The summed E-state index contributed by atoms with van der Waals surface area (Å²) in [6, 6.07) is 3.47. The Labute approximate surface area is 141 Å². The molecule has 1 aromatic heterocycles. The Bertz CT molecular complexity index is 776. The molecule has 1 aromatic carbocycles. The van der Waals surface area contributed by atoms with Crippen LogP contribution in [0.15, 0.2) is 27.4 Å². The first-order valence-electron chi connectivity index (χ1n) is 8.10. The lowest BCUT2D eigenvalue weighted by atomic mass is 9.86. The number of halogens is 3. The maximum Gasteiger partial charge on any atom is 0.434 e. The molecule has 3 rings (SSSR count). The minimum atomic E-state index is -4.48. The smallest absolute Gasteiger partial charge is 0.388 e. The number of benzene rings is 1. The summed E-state index contributed by atoms with van der Waals surface area (Å²) >= 11 is 0. The van der Waals surface area contributed by atoms with Crippen molar-refractivity contribution in [2.45, 2.75) is 37.9 Å². The van der Waals surface area contributed by atoms with Gasteiger partial charge in [-0.1, -0.05) is 0 Å². The second-order valence-corrected chi connectivity index (χ2v) is 6.27. The normalized spacial score (nSPS) is 21.3. The Balaban J connectivity index is 1.88. The van der Waals surface area contributed by atoms with E-state index in [1.165, 1.54) is 12.1 Å². The van der Waals surface area contributed by atoms with Gasteiger partial charge in [-0.3, -0.25) is 0 Å². The molecule has 0 unspecified atom stereocenters. The molecule has 1 saturated carbocycles. The quantitative estimate of drug-likeness (QED) is 0.782. The summed E-state index contributed by atoms with van der Waals surface area (Å²) in [7, 11) is 0. The lowest BCUT2D eigenvalue weighted by molar-refractivity contribution is -0.137. The highest BCUT2D eigenvalue weighted by Gasteiger charge is 2.34. The van der Waals surface area contributed by atoms with Gasteiger partial charge in [0, 0.05) is 17.3 Å². The molecule has 136 valence electrons. The van der Waals surface area contributed by atoms with Crippen LogP contribution >= 0.6 is 0 Å². The fourth-order valence-corrected chi connectivity index (χ4v) is 3.16. The van der Waals surface area contributed by atoms with E-state index in [-0.39, 0.29) is 17.6 Å². The zero-order valence-electron chi connectivity index (χ0n) is 13.4. The third kappa shape index (κ3) is 4.04. The number of nitrogens with zero attached hydrogens (tertiary/aromatic N) is 1. The van der Waals surface area contributed by atoms with Crippen LogP contribution in [0.2, 0.25) is 0 Å². The van der Waals surface area contributed by atoms with Crippen LogP contribution in [-0.2, 0) is 6.18 Å². The summed E-state index contributed by atoms with van der Waals surface area (Å²) in [5.41, 5.74) is 5.16. The number of nitrogens with one attached hydrogen (secondary N) is 2. The van der Waals surface area contributed by atoms with E-state index in [1.807, 2.05) is 0 Å². The number of hydrogen-bond donors (Lipinski definition) is 3. The van der Waals surface area contributed by atoms with Crippen molar-refractivity contribution in [2.75, 3.05) is 11.9 Å². The van der Waals surface area contributed by atoms with E-state index in [2.05, 4.69) is 15.5 Å². The van der Waals surface area contributed by atoms with Crippen LogP contribution < -0.4 is 16.8 Å². The van der Waals surface area contributed by atoms with Crippen LogP contribution in [0.5, 0.6) is 0 Å². The molecule has 0 aliphatic heterocycles. The maximum atomic E-state index is 13.3. The summed E-state index contributed by atoms with van der Waals surface area (Å²) in [5.74, 6) is -0.372. The second-order valence-electron chi connectivity index (χ2n) is 6.27. The molecule has 6 nitrogen and oxygen atoms in total. The summed E-state index contributed by atoms with van der Waals surface area (Å²) in [6.07, 6.45) is -1.17. The Morgan fingerprint density at radius 3 is 2.56 bits per heavy atom. The minimum absolute atomic E-state index is 0.0353. The van der Waals surface area contributed by atoms with Crippen LogP contribution in [0.3, 0.4) is 0 Å². The van der Waals surface area contributed by atoms with Crippen molar-refractivity contribution in [3.05, 3.63) is 34.3 Å². The monoisotopic (exact) mass is 356 g/mol. The molecule has 0 radical (unpaired) electrons. The number of anilines is 1. The first-order chi connectivity index (χ1) is 11.9. The van der Waals surface area contributed by atoms with Gasteiger partial charge in [-0.25, -0.2) is 9.89 Å². The fourth-order valence-electron chi connectivity index (χ4n) is 3.16. The lowest BCUT2D eigenvalue weighted by Crippen LogP contribution is -2.29. The van der Waals surface area contributed by atoms with Crippen LogP contribution in [0.1, 0.15) is 31.2 Å². The highest BCUT2D eigenvalue weighted by molar-refractivity contribution is 5.65. The average Bonchev–Trinajstić information content (AvgIpc) is 3.01. The predicted octanol–water partition coefficient (Wildman–Crippen LogP) is 2.98. The summed E-state index contributed by atoms with van der Waals surface area (Å²) < 4.78 is 44.7. The van der Waals surface area contributed by atoms with Crippen molar-refractivity contribution in [1.29, 1.82) is 0 Å². The Morgan fingerprint density at radius 2 is 2.00 bits per heavy atom. The molecule has 1 fully saturated rings. The van der Waals surface area contributed by atoms with E-state index >= 15 is 0 Å². The Hall–Kier alpha value is -2.29. The number of nitrogens with two attached hydrogens (primary N) is 1. The first-order valence-corrected chi connectivity index (χ1v) is 8.10. The minimum Gasteiger partial charge on any atom is -0.388 e. The van der Waals surface area contributed by atoms with Crippen molar-refractivity contribution in [3.8, 4) is 11.5 Å². The van der Waals surface area contributed by atoms with Gasteiger partial charge in [0.05, 0.1) is 5.56 Å². The molecule has 2 aromatic rings. The van der Waals surface area contributed by atoms with Gasteiger partial charge in [-0.05, 0) is 56.3 Å². The van der Waals surface area contributed by atoms with Crippen molar-refractivity contribution in [1.82, 2.24) is 10.2 Å². The van der Waals surface area contributed by atoms with E-state index in [0.29, 0.717) is 18.0 Å². The molecule has 1 heterocycles. The van der Waals surface area contributed by atoms with Crippen molar-refractivity contribution in [2.24, 2.45) is 11.7 Å². The van der Waals surface area contributed by atoms with E-state index in [1.54, 1.807) is 0 Å². The highest BCUT2D eigenvalue weighted by Crippen LogP contribution is 2.38. The highest BCUT2D eigenvalue weighted by atomic mass is 19.4. The largest absolute Gasteiger partial charge is 0.434 e. The Morgan fingerprint density at radius 1 is 1.28 bits per heavy atom. The number of alkyl halides is 3. The van der Waals surface area contributed by atoms with Crippen LogP contribution in [0.4, 0.5) is 18.9 Å². The van der Waals surface area contributed by atoms with Gasteiger partial charge < -0.3 is 15.5 Å². The number of aromatic amines is 1. The second kappa shape index (κ2) is 6.91. The first kappa shape index (κ1) is 17.5. The van der Waals surface area contributed by atoms with Crippen LogP contribution in [0.25, 0.3) is 11.5 Å². The van der Waals surface area contributed by atoms with Gasteiger partial charge in [0.1, 0.15) is 0 Å². The zero-order valence-corrected chi connectivity index (χ0v) is 13.4. The lowest BCUT2D eigenvalue weighted by Gasteiger charge is -2.30. The number of H-pyrrole nitrogens is 1. The van der Waals surface area contributed by atoms with Crippen LogP contribution in [0, 0.1) is 5.92 Å². The molecular formula is C16H19F3N4O2. The van der Waals surface area contributed by atoms with Gasteiger partial charge in [-0.15, -0.1) is 5.10 Å². The summed E-state index contributed by atoms with van der Waals surface area (Å²) in [5, 5.41) is 8.76. The number of hydrogen-bond acceptors (Lipinski definition) is 5. The van der Waals surface area contributed by atoms with Gasteiger partial charge in [0.25, 0.3) is 0 Å². The van der Waals surface area contributed by atoms with Crippen molar-refractivity contribution in [3.63, 3.8) is 0 Å². The molecule has 4 N–H and O–H groups in total. The fraction of sp³-hybridized carbons (Fsp3) is 0.500. The van der Waals surface area contributed by atoms with Crippen LogP contribution in [-0.4, -0.2) is 22.8 Å². The topological polar surface area (TPSA) is 96.9 Å². The molecule has 0 amide bonds. The molecule has 9 heteroatoms. The van der Waals surface area contributed by atoms with Gasteiger partial charge in [0.15, 0.2) is 0 Å². The van der Waals surface area contributed by atoms with Gasteiger partial charge >= 0.3 is 11.9 Å². The van der Waals surface area contributed by atoms with Gasteiger partial charge in [-0.2, -0.15) is 13.2 Å². The van der Waals surface area contributed by atoms with E-state index < -0.39 is 17.5 Å². The van der Waals surface area contributed by atoms with E-state index in [4.69, 9.17) is 10.2 Å². The number of rotatable bonds is 4. The number of aromatic nitrogens is 2. The average molecular weight is 356 g/mol. The summed E-state index contributed by atoms with van der Waals surface area (Å²) in [6.45, 7) is 0.605. The molecular weight excluding hydrogens is 337 g/mol. The molecule has 0 bridgehead atoms. The molecule has 0 spiro atoms. The molecule has 0 atom stereocenters. The van der Waals surface area contributed by atoms with E-state index in [0.717, 1.165) is 31.7 Å². The third-order valence-electron chi connectivity index (χ3n) is 4.55. The third-order valence-corrected chi connectivity index (χ3v) is 4.55. The van der Waals surface area contributed by atoms with Crippen molar-refractivity contribution >= 4 is 5.69 Å². The predicted molar refractivity (Wildman–Crippen MR) is 86.0 cm³/mol. The van der Waals surface area contributed by atoms with Gasteiger partial charge in [0.2, 0.25) is 5.89 Å². The molecule has 1 aliphatic carbocycles. The zero-order chi connectivity index (χ0) is 18.0. The maximum absolute atomic E-state index is 13.3. The summed E-state index contributed by atoms with van der Waals surface area (Å²) in [4.78, 5) is 11.1. The standard InChI is InChI=1S/C16H19F3N4O2/c17-16(18,19)12-6-3-10(14-22-23-15(24)25-14)7-13(12)21-11-4-1-9(8-20)2-5-11/h3,6-7,9,11,21H,1-2,4-5,8,20H2,(H,23,24).